The summed E-state index contributed by atoms with van der Waals surface area (Å²) in [6.45, 7) is 11.8. The van der Waals surface area contributed by atoms with Gasteiger partial charge in [-0.05, 0) is 43.4 Å². The minimum atomic E-state index is -4.96. The minimum absolute atomic E-state index is 0.102. The topological polar surface area (TPSA) is 237 Å². The number of hydrogen-bond acceptors (Lipinski definition) is 15. The molecule has 0 heterocycles. The summed E-state index contributed by atoms with van der Waals surface area (Å²) >= 11 is 0. The van der Waals surface area contributed by atoms with Crippen molar-refractivity contribution < 1.29 is 80.2 Å². The van der Waals surface area contributed by atoms with Gasteiger partial charge in [0, 0.05) is 25.7 Å². The Kier molecular flexibility index (Phi) is 64.3. The molecule has 0 saturated carbocycles. The van der Waals surface area contributed by atoms with Crippen LogP contribution in [0.5, 0.6) is 0 Å². The zero-order valence-electron chi connectivity index (χ0n) is 61.4. The number of esters is 4. The Balaban J connectivity index is 5.21. The quantitative estimate of drug-likeness (QED) is 0.0222. The Hall–Kier alpha value is -1.94. The molecule has 0 aromatic rings. The molecular weight excluding hydrogens is 1230 g/mol. The van der Waals surface area contributed by atoms with Crippen molar-refractivity contribution in [2.24, 2.45) is 17.8 Å². The third kappa shape index (κ3) is 66.0. The molecule has 0 aliphatic carbocycles. The lowest BCUT2D eigenvalue weighted by atomic mass is 9.99. The van der Waals surface area contributed by atoms with E-state index in [-0.39, 0.29) is 25.7 Å². The molecule has 0 saturated heterocycles. The Labute approximate surface area is 575 Å². The van der Waals surface area contributed by atoms with Crippen LogP contribution >= 0.6 is 15.6 Å². The van der Waals surface area contributed by atoms with Crippen LogP contribution in [-0.4, -0.2) is 96.7 Å². The maximum absolute atomic E-state index is 13.1. The fourth-order valence-electron chi connectivity index (χ4n) is 11.4. The van der Waals surface area contributed by atoms with Gasteiger partial charge in [0.1, 0.15) is 19.3 Å². The van der Waals surface area contributed by atoms with E-state index in [0.29, 0.717) is 31.6 Å². The predicted molar refractivity (Wildman–Crippen MR) is 381 cm³/mol. The second kappa shape index (κ2) is 65.7. The molecule has 0 aliphatic rings. The van der Waals surface area contributed by atoms with E-state index in [9.17, 15) is 43.2 Å². The number of hydrogen-bond donors (Lipinski definition) is 3. The first-order chi connectivity index (χ1) is 45.3. The second-order valence-corrected chi connectivity index (χ2v) is 30.9. The number of rotatable bonds is 73. The maximum atomic E-state index is 13.1. The number of phosphoric acid groups is 2. The Morgan fingerprint density at radius 1 is 0.309 bits per heavy atom. The molecule has 0 fully saturated rings. The van der Waals surface area contributed by atoms with E-state index in [4.69, 9.17) is 37.0 Å². The molecular formula is C75H146O17P2. The van der Waals surface area contributed by atoms with Crippen molar-refractivity contribution in [1.29, 1.82) is 0 Å². The van der Waals surface area contributed by atoms with E-state index in [1.54, 1.807) is 0 Å². The van der Waals surface area contributed by atoms with Crippen LogP contribution in [0.15, 0.2) is 0 Å². The summed E-state index contributed by atoms with van der Waals surface area (Å²) in [7, 11) is -9.91. The van der Waals surface area contributed by atoms with Gasteiger partial charge >= 0.3 is 39.5 Å². The van der Waals surface area contributed by atoms with Crippen LogP contribution in [0.2, 0.25) is 0 Å². The molecule has 94 heavy (non-hydrogen) atoms. The molecule has 19 heteroatoms. The summed E-state index contributed by atoms with van der Waals surface area (Å²) in [5.74, 6) is 0.112. The number of carbonyl (C=O) groups is 4. The Morgan fingerprint density at radius 3 is 0.809 bits per heavy atom. The van der Waals surface area contributed by atoms with Crippen molar-refractivity contribution in [2.45, 2.75) is 401 Å². The summed E-state index contributed by atoms with van der Waals surface area (Å²) in [5.41, 5.74) is 0. The molecule has 0 aliphatic heterocycles. The van der Waals surface area contributed by atoms with Crippen LogP contribution < -0.4 is 0 Å². The van der Waals surface area contributed by atoms with Crippen molar-refractivity contribution in [3.05, 3.63) is 0 Å². The van der Waals surface area contributed by atoms with Crippen molar-refractivity contribution in [3.63, 3.8) is 0 Å². The van der Waals surface area contributed by atoms with Crippen LogP contribution in [0.1, 0.15) is 382 Å². The number of ether oxygens (including phenoxy) is 4. The normalized spacial score (nSPS) is 14.7. The first-order valence-corrected chi connectivity index (χ1v) is 41.9. The Bertz CT molecular complexity index is 1840. The zero-order chi connectivity index (χ0) is 69.4. The van der Waals surface area contributed by atoms with Crippen LogP contribution in [0.4, 0.5) is 0 Å². The van der Waals surface area contributed by atoms with E-state index in [2.05, 4.69) is 48.5 Å². The summed E-state index contributed by atoms with van der Waals surface area (Å²) in [6.07, 6.45) is 51.5. The molecule has 0 aromatic carbocycles. The lowest BCUT2D eigenvalue weighted by molar-refractivity contribution is -0.161. The second-order valence-electron chi connectivity index (χ2n) is 28.0. The van der Waals surface area contributed by atoms with Crippen LogP contribution in [0, 0.1) is 17.8 Å². The van der Waals surface area contributed by atoms with Gasteiger partial charge in [0.15, 0.2) is 12.2 Å². The average molecular weight is 1380 g/mol. The number of unbranched alkanes of at least 4 members (excludes halogenated alkanes) is 39. The lowest BCUT2D eigenvalue weighted by Gasteiger charge is -2.21. The van der Waals surface area contributed by atoms with E-state index >= 15 is 0 Å². The maximum Gasteiger partial charge on any atom is 0.472 e. The fraction of sp³-hybridized carbons (Fsp3) is 0.947. The van der Waals surface area contributed by atoms with Gasteiger partial charge in [-0.15, -0.1) is 0 Å². The van der Waals surface area contributed by atoms with Crippen LogP contribution in [0.25, 0.3) is 0 Å². The van der Waals surface area contributed by atoms with Crippen molar-refractivity contribution in [3.8, 4) is 0 Å². The summed E-state index contributed by atoms with van der Waals surface area (Å²) in [6, 6.07) is 0. The molecule has 4 unspecified atom stereocenters. The van der Waals surface area contributed by atoms with Gasteiger partial charge in [-0.1, -0.05) is 331 Å². The first kappa shape index (κ1) is 92.1. The first-order valence-electron chi connectivity index (χ1n) is 38.9. The van der Waals surface area contributed by atoms with Crippen molar-refractivity contribution >= 4 is 39.5 Å². The molecule has 0 rings (SSSR count). The highest BCUT2D eigenvalue weighted by Crippen LogP contribution is 2.45. The summed E-state index contributed by atoms with van der Waals surface area (Å²) < 4.78 is 68.4. The van der Waals surface area contributed by atoms with E-state index < -0.39 is 97.5 Å². The molecule has 558 valence electrons. The van der Waals surface area contributed by atoms with Crippen LogP contribution in [-0.2, 0) is 65.4 Å². The number of aliphatic hydroxyl groups is 1. The smallest absolute Gasteiger partial charge is 0.462 e. The highest BCUT2D eigenvalue weighted by molar-refractivity contribution is 7.47. The third-order valence-corrected chi connectivity index (χ3v) is 20.0. The highest BCUT2D eigenvalue weighted by atomic mass is 31.2. The standard InChI is InChI=1S/C75H146O17P2/c1-8-11-12-13-14-15-16-17-18-19-20-21-22-23-24-25-30-35-44-51-58-74(79)91-70(62-85-72(77)56-49-42-34-29-27-26-28-33-40-47-54-67(6)9-2)64-89-93(81,82)87-60-69(76)61-88-94(83,84)90-65-71(92-75(80)59-52-45-36-31-32-39-46-53-66(4)5)63-86-73(78)57-50-43-38-37-41-48-55-68(7)10-3/h66-71,76H,8-65H2,1-7H3,(H,81,82)(H,83,84)/t67?,68?,69-,70-,71-/m1/s1. The molecule has 0 radical (unpaired) electrons. The number of carbonyl (C=O) groups excluding carboxylic acids is 4. The molecule has 0 amide bonds. The monoisotopic (exact) mass is 1380 g/mol. The molecule has 0 aromatic heterocycles. The van der Waals surface area contributed by atoms with E-state index in [1.165, 1.54) is 186 Å². The number of phosphoric ester groups is 2. The molecule has 3 N–H and O–H groups in total. The van der Waals surface area contributed by atoms with Gasteiger partial charge in [0.25, 0.3) is 0 Å². The summed E-state index contributed by atoms with van der Waals surface area (Å²) in [4.78, 5) is 72.7. The summed E-state index contributed by atoms with van der Waals surface area (Å²) in [5, 5.41) is 10.6. The zero-order valence-corrected chi connectivity index (χ0v) is 63.2. The van der Waals surface area contributed by atoms with Gasteiger partial charge in [-0.2, -0.15) is 0 Å². The van der Waals surface area contributed by atoms with Gasteiger partial charge in [0.2, 0.25) is 0 Å². The minimum Gasteiger partial charge on any atom is -0.462 e. The number of aliphatic hydroxyl groups excluding tert-OH is 1. The van der Waals surface area contributed by atoms with Crippen molar-refractivity contribution in [2.75, 3.05) is 39.6 Å². The van der Waals surface area contributed by atoms with Gasteiger partial charge < -0.3 is 33.8 Å². The Morgan fingerprint density at radius 2 is 0.543 bits per heavy atom. The largest absolute Gasteiger partial charge is 0.472 e. The fourth-order valence-corrected chi connectivity index (χ4v) is 12.9. The van der Waals surface area contributed by atoms with Crippen molar-refractivity contribution in [1.82, 2.24) is 0 Å². The SMILES string of the molecule is CCCCCCCCCCCCCCCCCCCCCCC(=O)O[C@H](COC(=O)CCCCCCCCCCCCC(C)CC)COP(=O)(O)OC[C@@H](O)COP(=O)(O)OC[C@@H](COC(=O)CCCCCCCCC(C)CC)OC(=O)CCCCCCCCCC(C)C. The highest BCUT2D eigenvalue weighted by Gasteiger charge is 2.30. The molecule has 7 atom stereocenters. The molecule has 0 spiro atoms. The predicted octanol–water partition coefficient (Wildman–Crippen LogP) is 21.8. The average Bonchev–Trinajstić information content (AvgIpc) is 1.75. The molecule has 17 nitrogen and oxygen atoms in total. The van der Waals surface area contributed by atoms with E-state index in [0.717, 1.165) is 108 Å². The van der Waals surface area contributed by atoms with Gasteiger partial charge in [-0.3, -0.25) is 37.3 Å². The van der Waals surface area contributed by atoms with Gasteiger partial charge in [-0.25, -0.2) is 9.13 Å². The van der Waals surface area contributed by atoms with Gasteiger partial charge in [0.05, 0.1) is 26.4 Å². The van der Waals surface area contributed by atoms with Crippen LogP contribution in [0.3, 0.4) is 0 Å². The third-order valence-electron chi connectivity index (χ3n) is 18.1. The molecule has 0 bridgehead atoms. The lowest BCUT2D eigenvalue weighted by Crippen LogP contribution is -2.30. The van der Waals surface area contributed by atoms with E-state index in [1.807, 2.05) is 0 Å².